The summed E-state index contributed by atoms with van der Waals surface area (Å²) in [5, 5.41) is 17.5. The summed E-state index contributed by atoms with van der Waals surface area (Å²) >= 11 is 3.43. The molecule has 0 spiro atoms. The number of hydrogen-bond acceptors (Lipinski definition) is 6. The first-order valence-corrected chi connectivity index (χ1v) is 9.84. The van der Waals surface area contributed by atoms with E-state index in [1.807, 2.05) is 18.2 Å². The maximum absolute atomic E-state index is 9.99. The van der Waals surface area contributed by atoms with Crippen LogP contribution in [0.4, 0.5) is 5.69 Å². The van der Waals surface area contributed by atoms with Crippen molar-refractivity contribution in [2.24, 2.45) is 0 Å². The number of rotatable bonds is 4. The smallest absolute Gasteiger partial charge is 0.138 e. The van der Waals surface area contributed by atoms with Gasteiger partial charge in [0.1, 0.15) is 10.8 Å². The van der Waals surface area contributed by atoms with E-state index >= 15 is 0 Å². The number of aromatic nitrogens is 1. The summed E-state index contributed by atoms with van der Waals surface area (Å²) in [4.78, 5) is 9.46. The topological polar surface area (TPSA) is 39.6 Å². The second-order valence-corrected chi connectivity index (χ2v) is 7.55. The van der Waals surface area contributed by atoms with Crippen LogP contribution in [0.25, 0.3) is 10.6 Å². The van der Waals surface area contributed by atoms with Crippen LogP contribution in [-0.4, -0.2) is 41.2 Å². The van der Waals surface area contributed by atoms with Crippen LogP contribution in [-0.2, 0) is 6.54 Å². The molecule has 0 radical (unpaired) electrons. The first kappa shape index (κ1) is 15.6. The maximum atomic E-state index is 9.99. The number of thiophene rings is 1. The number of hydrogen-bond donors (Lipinski definition) is 1. The predicted octanol–water partition coefficient (Wildman–Crippen LogP) is 3.90. The van der Waals surface area contributed by atoms with E-state index in [0.717, 1.165) is 49.1 Å². The van der Waals surface area contributed by atoms with Crippen molar-refractivity contribution in [1.82, 2.24) is 9.88 Å². The molecule has 3 heterocycles. The van der Waals surface area contributed by atoms with Crippen LogP contribution in [0.5, 0.6) is 5.75 Å². The third kappa shape index (κ3) is 3.31. The lowest BCUT2D eigenvalue weighted by atomic mass is 10.2. The minimum absolute atomic E-state index is 0.367. The van der Waals surface area contributed by atoms with Crippen LogP contribution in [0, 0.1) is 0 Å². The fraction of sp³-hybridized carbons (Fsp3) is 0.278. The van der Waals surface area contributed by atoms with Gasteiger partial charge in [-0.15, -0.1) is 11.3 Å². The lowest BCUT2D eigenvalue weighted by Gasteiger charge is -2.36. The molecule has 24 heavy (non-hydrogen) atoms. The Hall–Kier alpha value is -1.89. The third-order valence-corrected chi connectivity index (χ3v) is 5.92. The molecular formula is C18H19N3OS2. The Morgan fingerprint density at radius 1 is 1.04 bits per heavy atom. The Morgan fingerprint density at radius 2 is 1.88 bits per heavy atom. The number of thiazole rings is 1. The molecule has 0 saturated carbocycles. The monoisotopic (exact) mass is 357 g/mol. The lowest BCUT2D eigenvalue weighted by Crippen LogP contribution is -2.46. The summed E-state index contributed by atoms with van der Waals surface area (Å²) in [5.41, 5.74) is 3.31. The van der Waals surface area contributed by atoms with Crippen LogP contribution in [0.3, 0.4) is 0 Å². The zero-order valence-electron chi connectivity index (χ0n) is 13.3. The summed E-state index contributed by atoms with van der Waals surface area (Å²) < 4.78 is 0. The first-order chi connectivity index (χ1) is 11.8. The Bertz CT molecular complexity index is 792. The standard InChI is InChI=1S/C18H19N3OS2/c22-17-4-2-1-3-16(17)21-8-6-20(7-9-21)11-15-13-24-18(19-15)14-5-10-23-12-14/h1-5,10,12-13,22H,6-9,11H2. The van der Waals surface area contributed by atoms with Gasteiger partial charge >= 0.3 is 0 Å². The fourth-order valence-electron chi connectivity index (χ4n) is 3.01. The zero-order chi connectivity index (χ0) is 16.4. The number of nitrogens with zero attached hydrogens (tertiary/aromatic N) is 3. The second kappa shape index (κ2) is 6.93. The molecule has 0 atom stereocenters. The molecule has 0 aliphatic carbocycles. The van der Waals surface area contributed by atoms with E-state index in [1.165, 1.54) is 5.56 Å². The number of piperazine rings is 1. The van der Waals surface area contributed by atoms with Crippen molar-refractivity contribution in [3.05, 3.63) is 52.2 Å². The molecule has 0 unspecified atom stereocenters. The van der Waals surface area contributed by atoms with Gasteiger partial charge in [0, 0.05) is 49.0 Å². The van der Waals surface area contributed by atoms with Crippen molar-refractivity contribution in [2.45, 2.75) is 6.54 Å². The minimum atomic E-state index is 0.367. The molecule has 0 bridgehead atoms. The van der Waals surface area contributed by atoms with Gasteiger partial charge in [-0.25, -0.2) is 4.98 Å². The second-order valence-electron chi connectivity index (χ2n) is 5.91. The first-order valence-electron chi connectivity index (χ1n) is 8.02. The highest BCUT2D eigenvalue weighted by Crippen LogP contribution is 2.28. The predicted molar refractivity (Wildman–Crippen MR) is 101 cm³/mol. The number of aromatic hydroxyl groups is 1. The van der Waals surface area contributed by atoms with Gasteiger partial charge in [0.25, 0.3) is 0 Å². The SMILES string of the molecule is Oc1ccccc1N1CCN(Cc2csc(-c3ccsc3)n2)CC1. The molecule has 1 N–H and O–H groups in total. The number of para-hydroxylation sites is 2. The van der Waals surface area contributed by atoms with E-state index in [9.17, 15) is 5.11 Å². The molecular weight excluding hydrogens is 338 g/mol. The van der Waals surface area contributed by atoms with Gasteiger partial charge < -0.3 is 10.0 Å². The van der Waals surface area contributed by atoms with Crippen molar-refractivity contribution < 1.29 is 5.11 Å². The molecule has 3 aromatic rings. The molecule has 6 heteroatoms. The molecule has 0 amide bonds. The molecule has 2 aromatic heterocycles. The zero-order valence-corrected chi connectivity index (χ0v) is 14.9. The average molecular weight is 358 g/mol. The van der Waals surface area contributed by atoms with Gasteiger partial charge in [-0.05, 0) is 23.6 Å². The molecule has 1 saturated heterocycles. The van der Waals surface area contributed by atoms with Crippen LogP contribution in [0.1, 0.15) is 5.69 Å². The minimum Gasteiger partial charge on any atom is -0.506 e. The van der Waals surface area contributed by atoms with E-state index in [2.05, 4.69) is 32.0 Å². The van der Waals surface area contributed by atoms with Crippen molar-refractivity contribution >= 4 is 28.4 Å². The highest BCUT2D eigenvalue weighted by molar-refractivity contribution is 7.14. The van der Waals surface area contributed by atoms with Crippen molar-refractivity contribution in [3.63, 3.8) is 0 Å². The summed E-state index contributed by atoms with van der Waals surface area (Å²) in [6.45, 7) is 4.73. The van der Waals surface area contributed by atoms with E-state index in [-0.39, 0.29) is 0 Å². The molecule has 124 valence electrons. The summed E-state index contributed by atoms with van der Waals surface area (Å²) in [6.07, 6.45) is 0. The summed E-state index contributed by atoms with van der Waals surface area (Å²) in [7, 11) is 0. The number of anilines is 1. The molecule has 1 fully saturated rings. The average Bonchev–Trinajstić information content (AvgIpc) is 3.27. The van der Waals surface area contributed by atoms with Crippen molar-refractivity contribution in [2.75, 3.05) is 31.1 Å². The molecule has 1 aliphatic heterocycles. The van der Waals surface area contributed by atoms with Crippen molar-refractivity contribution in [1.29, 1.82) is 0 Å². The quantitative estimate of drug-likeness (QED) is 0.769. The molecule has 1 aliphatic rings. The molecule has 1 aromatic carbocycles. The number of benzene rings is 1. The highest BCUT2D eigenvalue weighted by atomic mass is 32.1. The maximum Gasteiger partial charge on any atom is 0.138 e. The Morgan fingerprint density at radius 3 is 2.62 bits per heavy atom. The van der Waals surface area contributed by atoms with Gasteiger partial charge in [0.05, 0.1) is 11.4 Å². The van der Waals surface area contributed by atoms with E-state index in [4.69, 9.17) is 4.98 Å². The lowest BCUT2D eigenvalue weighted by molar-refractivity contribution is 0.247. The summed E-state index contributed by atoms with van der Waals surface area (Å²) in [5.74, 6) is 0.367. The normalized spacial score (nSPS) is 15.8. The van der Waals surface area contributed by atoms with E-state index in [1.54, 1.807) is 28.7 Å². The van der Waals surface area contributed by atoms with E-state index in [0.29, 0.717) is 5.75 Å². The summed E-state index contributed by atoms with van der Waals surface area (Å²) in [6, 6.07) is 9.70. The Labute approximate surface area is 149 Å². The number of phenols is 1. The number of phenolic OH excluding ortho intramolecular Hbond substituents is 1. The highest BCUT2D eigenvalue weighted by Gasteiger charge is 2.19. The fourth-order valence-corrected chi connectivity index (χ4v) is 4.53. The molecule has 4 nitrogen and oxygen atoms in total. The molecule has 4 rings (SSSR count). The van der Waals surface area contributed by atoms with Crippen molar-refractivity contribution in [3.8, 4) is 16.3 Å². The van der Waals surface area contributed by atoms with Crippen LogP contribution < -0.4 is 4.90 Å². The van der Waals surface area contributed by atoms with Gasteiger partial charge in [-0.2, -0.15) is 11.3 Å². The van der Waals surface area contributed by atoms with Crippen LogP contribution in [0.2, 0.25) is 0 Å². The largest absolute Gasteiger partial charge is 0.506 e. The van der Waals surface area contributed by atoms with Gasteiger partial charge in [-0.1, -0.05) is 12.1 Å². The van der Waals surface area contributed by atoms with Gasteiger partial charge in [0.15, 0.2) is 0 Å². The Kier molecular flexibility index (Phi) is 4.51. The van der Waals surface area contributed by atoms with Crippen LogP contribution in [0.15, 0.2) is 46.5 Å². The Balaban J connectivity index is 1.36. The van der Waals surface area contributed by atoms with Gasteiger partial charge in [0.2, 0.25) is 0 Å². The van der Waals surface area contributed by atoms with Crippen LogP contribution >= 0.6 is 22.7 Å². The third-order valence-electron chi connectivity index (χ3n) is 4.30. The van der Waals surface area contributed by atoms with Gasteiger partial charge in [-0.3, -0.25) is 4.90 Å². The van der Waals surface area contributed by atoms with E-state index < -0.39 is 0 Å².